The quantitative estimate of drug-likeness (QED) is 0.856. The van der Waals surface area contributed by atoms with Crippen molar-refractivity contribution in [3.8, 4) is 0 Å². The van der Waals surface area contributed by atoms with E-state index in [-0.39, 0.29) is 11.6 Å². The highest BCUT2D eigenvalue weighted by molar-refractivity contribution is 6.35. The molecule has 4 nitrogen and oxygen atoms in total. The summed E-state index contributed by atoms with van der Waals surface area (Å²) in [4.78, 5) is 11.6. The number of ether oxygens (including phenoxy) is 1. The molecule has 0 unspecified atom stereocenters. The molecule has 0 spiro atoms. The lowest BCUT2D eigenvalue weighted by atomic mass is 10.1. The zero-order valence-electron chi connectivity index (χ0n) is 12.8. The molecule has 0 aliphatic rings. The predicted molar refractivity (Wildman–Crippen MR) is 87.0 cm³/mol. The molecule has 6 heteroatoms. The van der Waals surface area contributed by atoms with Crippen molar-refractivity contribution in [1.29, 1.82) is 0 Å². The van der Waals surface area contributed by atoms with E-state index in [0.717, 1.165) is 5.56 Å². The van der Waals surface area contributed by atoms with Gasteiger partial charge in [-0.3, -0.25) is 0 Å². The molecule has 0 aromatic heterocycles. The van der Waals surface area contributed by atoms with Gasteiger partial charge in [0, 0.05) is 28.7 Å². The lowest BCUT2D eigenvalue weighted by Gasteiger charge is -2.22. The van der Waals surface area contributed by atoms with Gasteiger partial charge in [0.05, 0.1) is 0 Å². The third-order valence-corrected chi connectivity index (χ3v) is 3.13. The van der Waals surface area contributed by atoms with Gasteiger partial charge in [-0.1, -0.05) is 29.3 Å². The van der Waals surface area contributed by atoms with Crippen molar-refractivity contribution >= 4 is 29.3 Å². The van der Waals surface area contributed by atoms with Gasteiger partial charge in [0.1, 0.15) is 6.10 Å². The van der Waals surface area contributed by atoms with Crippen LogP contribution in [0.25, 0.3) is 0 Å². The maximum Gasteiger partial charge on any atom is 0.407 e. The van der Waals surface area contributed by atoms with Crippen LogP contribution in [0.2, 0.25) is 10.0 Å². The smallest absolute Gasteiger partial charge is 0.407 e. The first-order valence-electron chi connectivity index (χ1n) is 6.81. The Morgan fingerprint density at radius 3 is 2.57 bits per heavy atom. The van der Waals surface area contributed by atoms with Crippen LogP contribution in [0.5, 0.6) is 0 Å². The fourth-order valence-corrected chi connectivity index (χ4v) is 2.11. The van der Waals surface area contributed by atoms with Crippen LogP contribution in [0.15, 0.2) is 18.2 Å². The summed E-state index contributed by atoms with van der Waals surface area (Å²) < 4.78 is 5.25. The minimum absolute atomic E-state index is 0.238. The molecule has 0 aliphatic heterocycles. The number of nitrogens with one attached hydrogen (secondary N) is 2. The number of carbonyl (C=O) groups excluding carboxylic acids is 1. The number of carbonyl (C=O) groups is 1. The maximum absolute atomic E-state index is 11.6. The summed E-state index contributed by atoms with van der Waals surface area (Å²) in [7, 11) is 0. The summed E-state index contributed by atoms with van der Waals surface area (Å²) in [5.74, 6) is 0. The summed E-state index contributed by atoms with van der Waals surface area (Å²) >= 11 is 11.9. The molecular formula is C15H22Cl2N2O2. The largest absolute Gasteiger partial charge is 0.445 e. The van der Waals surface area contributed by atoms with Crippen LogP contribution in [-0.4, -0.2) is 24.3 Å². The zero-order valence-corrected chi connectivity index (χ0v) is 14.3. The standard InChI is InChI=1S/C15H22Cl2N2O2/c1-10(21-14(20)19-15(2,3)4)8-18-9-11-5-6-12(16)7-13(11)17/h5-7,10,18H,8-9H2,1-4H3,(H,19,20)/t10-/m0/s1. The molecule has 0 aliphatic carbocycles. The van der Waals surface area contributed by atoms with Gasteiger partial charge in [-0.15, -0.1) is 0 Å². The van der Waals surface area contributed by atoms with Crippen molar-refractivity contribution in [3.63, 3.8) is 0 Å². The van der Waals surface area contributed by atoms with Gasteiger partial charge in [-0.05, 0) is 45.4 Å². The Morgan fingerprint density at radius 2 is 2.00 bits per heavy atom. The first-order valence-corrected chi connectivity index (χ1v) is 7.56. The Hall–Kier alpha value is -0.970. The van der Waals surface area contributed by atoms with Crippen LogP contribution in [0.4, 0.5) is 4.79 Å². The molecule has 0 fully saturated rings. The lowest BCUT2D eigenvalue weighted by molar-refractivity contribution is 0.0991. The topological polar surface area (TPSA) is 50.4 Å². The summed E-state index contributed by atoms with van der Waals surface area (Å²) in [5.41, 5.74) is 0.647. The number of hydrogen-bond donors (Lipinski definition) is 2. The van der Waals surface area contributed by atoms with Gasteiger partial charge in [0.2, 0.25) is 0 Å². The monoisotopic (exact) mass is 332 g/mol. The van der Waals surface area contributed by atoms with E-state index in [2.05, 4.69) is 10.6 Å². The van der Waals surface area contributed by atoms with Crippen LogP contribution in [0.3, 0.4) is 0 Å². The number of amides is 1. The fourth-order valence-electron chi connectivity index (χ4n) is 1.64. The van der Waals surface area contributed by atoms with Crippen molar-refractivity contribution in [3.05, 3.63) is 33.8 Å². The molecule has 1 aromatic rings. The van der Waals surface area contributed by atoms with E-state index < -0.39 is 6.09 Å². The third kappa shape index (κ3) is 7.55. The first kappa shape index (κ1) is 18.1. The molecule has 118 valence electrons. The third-order valence-electron chi connectivity index (χ3n) is 2.55. The van der Waals surface area contributed by atoms with Gasteiger partial charge >= 0.3 is 6.09 Å². The van der Waals surface area contributed by atoms with E-state index in [4.69, 9.17) is 27.9 Å². The number of alkyl carbamates (subject to hydrolysis) is 1. The summed E-state index contributed by atoms with van der Waals surface area (Å²) in [6.07, 6.45) is -0.653. The average Bonchev–Trinajstić information content (AvgIpc) is 2.29. The highest BCUT2D eigenvalue weighted by Crippen LogP contribution is 2.20. The highest BCUT2D eigenvalue weighted by atomic mass is 35.5. The first-order chi connectivity index (χ1) is 9.67. The highest BCUT2D eigenvalue weighted by Gasteiger charge is 2.16. The molecule has 2 N–H and O–H groups in total. The van der Waals surface area contributed by atoms with Crippen molar-refractivity contribution < 1.29 is 9.53 Å². The normalized spacial score (nSPS) is 12.9. The summed E-state index contributed by atoms with van der Waals surface area (Å²) in [6.45, 7) is 8.67. The van der Waals surface area contributed by atoms with Crippen molar-refractivity contribution in [2.24, 2.45) is 0 Å². The fraction of sp³-hybridized carbons (Fsp3) is 0.533. The second-order valence-electron chi connectivity index (χ2n) is 5.96. The summed E-state index contributed by atoms with van der Waals surface area (Å²) in [5, 5.41) is 7.18. The second kappa shape index (κ2) is 7.87. The van der Waals surface area contributed by atoms with E-state index in [1.54, 1.807) is 12.1 Å². The van der Waals surface area contributed by atoms with Crippen molar-refractivity contribution in [2.45, 2.75) is 45.9 Å². The van der Waals surface area contributed by atoms with Gasteiger partial charge in [-0.2, -0.15) is 0 Å². The average molecular weight is 333 g/mol. The molecule has 0 saturated carbocycles. The number of hydrogen-bond acceptors (Lipinski definition) is 3. The minimum Gasteiger partial charge on any atom is -0.445 e. The molecule has 0 heterocycles. The minimum atomic E-state index is -0.415. The molecule has 1 rings (SSSR count). The predicted octanol–water partition coefficient (Wildman–Crippen LogP) is 4.00. The van der Waals surface area contributed by atoms with Crippen LogP contribution in [0.1, 0.15) is 33.3 Å². The molecule has 0 saturated heterocycles. The molecule has 1 aromatic carbocycles. The molecule has 0 bridgehead atoms. The second-order valence-corrected chi connectivity index (χ2v) is 6.80. The molecule has 1 amide bonds. The summed E-state index contributed by atoms with van der Waals surface area (Å²) in [6, 6.07) is 5.37. The Kier molecular flexibility index (Phi) is 6.78. The van der Waals surface area contributed by atoms with Crippen LogP contribution >= 0.6 is 23.2 Å². The number of halogens is 2. The molecule has 21 heavy (non-hydrogen) atoms. The van der Waals surface area contributed by atoms with Gasteiger partial charge in [0.25, 0.3) is 0 Å². The van der Waals surface area contributed by atoms with Crippen LogP contribution in [0, 0.1) is 0 Å². The van der Waals surface area contributed by atoms with E-state index in [9.17, 15) is 4.79 Å². The Morgan fingerprint density at radius 1 is 1.33 bits per heavy atom. The SMILES string of the molecule is C[C@@H](CNCc1ccc(Cl)cc1Cl)OC(=O)NC(C)(C)C. The van der Waals surface area contributed by atoms with E-state index in [0.29, 0.717) is 23.1 Å². The number of rotatable bonds is 5. The Bertz CT molecular complexity index is 487. The maximum atomic E-state index is 11.6. The zero-order chi connectivity index (χ0) is 16.0. The van der Waals surface area contributed by atoms with Gasteiger partial charge < -0.3 is 15.4 Å². The Labute approximate surface area is 136 Å². The van der Waals surface area contributed by atoms with E-state index in [1.165, 1.54) is 0 Å². The van der Waals surface area contributed by atoms with E-state index >= 15 is 0 Å². The van der Waals surface area contributed by atoms with E-state index in [1.807, 2.05) is 33.8 Å². The van der Waals surface area contributed by atoms with Crippen LogP contribution < -0.4 is 10.6 Å². The van der Waals surface area contributed by atoms with Crippen molar-refractivity contribution in [1.82, 2.24) is 10.6 Å². The molecular weight excluding hydrogens is 311 g/mol. The number of benzene rings is 1. The van der Waals surface area contributed by atoms with Crippen LogP contribution in [-0.2, 0) is 11.3 Å². The Balaban J connectivity index is 2.33. The molecule has 0 radical (unpaired) electrons. The molecule has 1 atom stereocenters. The lowest BCUT2D eigenvalue weighted by Crippen LogP contribution is -2.43. The van der Waals surface area contributed by atoms with Crippen molar-refractivity contribution in [2.75, 3.05) is 6.54 Å². The van der Waals surface area contributed by atoms with Gasteiger partial charge in [0.15, 0.2) is 0 Å². The van der Waals surface area contributed by atoms with Gasteiger partial charge in [-0.25, -0.2) is 4.79 Å².